The molecule has 0 aromatic carbocycles. The van der Waals surface area contributed by atoms with E-state index in [1.165, 1.54) is 13.3 Å². The van der Waals surface area contributed by atoms with Gasteiger partial charge in [0.1, 0.15) is 0 Å². The van der Waals surface area contributed by atoms with Crippen molar-refractivity contribution in [2.75, 3.05) is 13.1 Å². The van der Waals surface area contributed by atoms with Gasteiger partial charge in [-0.15, -0.1) is 0 Å². The highest BCUT2D eigenvalue weighted by Crippen LogP contribution is 2.15. The molecule has 4 heteroatoms. The van der Waals surface area contributed by atoms with Crippen LogP contribution in [0.25, 0.3) is 0 Å². The van der Waals surface area contributed by atoms with Crippen molar-refractivity contribution in [3.63, 3.8) is 0 Å². The minimum atomic E-state index is -0.843. The number of hydrogen-bond donors (Lipinski definition) is 1. The van der Waals surface area contributed by atoms with Gasteiger partial charge in [-0.2, -0.15) is 0 Å². The molecule has 2 amide bonds. The van der Waals surface area contributed by atoms with Crippen molar-refractivity contribution in [1.29, 1.82) is 0 Å². The van der Waals surface area contributed by atoms with Gasteiger partial charge in [0, 0.05) is 19.1 Å². The molecule has 0 aromatic rings. The second-order valence-corrected chi connectivity index (χ2v) is 4.34. The molecule has 2 atom stereocenters. The van der Waals surface area contributed by atoms with E-state index in [1.54, 1.807) is 0 Å². The van der Waals surface area contributed by atoms with Crippen molar-refractivity contribution in [1.82, 2.24) is 10.2 Å². The summed E-state index contributed by atoms with van der Waals surface area (Å²) < 4.78 is 12.5. The van der Waals surface area contributed by atoms with E-state index in [0.717, 1.165) is 19.4 Å². The Morgan fingerprint density at radius 1 is 1.60 bits per heavy atom. The highest BCUT2D eigenvalue weighted by atomic mass is 19.1. The zero-order valence-corrected chi connectivity index (χ0v) is 9.63. The van der Waals surface area contributed by atoms with Crippen LogP contribution < -0.4 is 5.32 Å². The number of rotatable bonds is 3. The van der Waals surface area contributed by atoms with Gasteiger partial charge < -0.3 is 10.2 Å². The fourth-order valence-electron chi connectivity index (χ4n) is 1.88. The number of urea groups is 1. The van der Waals surface area contributed by atoms with Gasteiger partial charge >= 0.3 is 6.03 Å². The van der Waals surface area contributed by atoms with Gasteiger partial charge in [0.15, 0.2) is 0 Å². The summed E-state index contributed by atoms with van der Waals surface area (Å²) >= 11 is 0. The zero-order chi connectivity index (χ0) is 11.3. The minimum absolute atomic E-state index is 0.0390. The van der Waals surface area contributed by atoms with E-state index in [0.29, 0.717) is 19.0 Å². The number of nitrogens with zero attached hydrogens (tertiary/aromatic N) is 1. The third kappa shape index (κ3) is 4.06. The molecule has 0 saturated carbocycles. The first-order valence-corrected chi connectivity index (χ1v) is 5.80. The Bertz CT molecular complexity index is 209. The van der Waals surface area contributed by atoms with Crippen LogP contribution in [0.15, 0.2) is 0 Å². The lowest BCUT2D eigenvalue weighted by Crippen LogP contribution is -2.47. The standard InChI is InChI=1S/C11H21FN2O/c1-9(12)6-7-13-11(15)14-8-4-3-5-10(14)2/h9-10H,3-8H2,1-2H3,(H,13,15). The summed E-state index contributed by atoms with van der Waals surface area (Å²) in [6, 6.07) is 0.282. The molecule has 0 radical (unpaired) electrons. The second kappa shape index (κ2) is 5.93. The van der Waals surface area contributed by atoms with Gasteiger partial charge in [0.2, 0.25) is 0 Å². The monoisotopic (exact) mass is 216 g/mol. The Hall–Kier alpha value is -0.800. The fraction of sp³-hybridized carbons (Fsp3) is 0.909. The summed E-state index contributed by atoms with van der Waals surface area (Å²) in [5.41, 5.74) is 0. The van der Waals surface area contributed by atoms with Gasteiger partial charge in [0.05, 0.1) is 6.17 Å². The molecular formula is C11H21FN2O. The number of halogens is 1. The predicted octanol–water partition coefficient (Wildman–Crippen LogP) is 2.32. The van der Waals surface area contributed by atoms with Crippen molar-refractivity contribution < 1.29 is 9.18 Å². The molecular weight excluding hydrogens is 195 g/mol. The van der Waals surface area contributed by atoms with Crippen LogP contribution in [0.4, 0.5) is 9.18 Å². The summed E-state index contributed by atoms with van der Waals surface area (Å²) in [6.45, 7) is 4.84. The largest absolute Gasteiger partial charge is 0.338 e. The molecule has 1 saturated heterocycles. The third-order valence-corrected chi connectivity index (χ3v) is 2.88. The number of likely N-dealkylation sites (tertiary alicyclic amines) is 1. The molecule has 0 spiro atoms. The first kappa shape index (κ1) is 12.3. The second-order valence-electron chi connectivity index (χ2n) is 4.34. The number of carbonyl (C=O) groups excluding carboxylic acids is 1. The Morgan fingerprint density at radius 3 is 2.93 bits per heavy atom. The number of amides is 2. The van der Waals surface area contributed by atoms with Crippen LogP contribution >= 0.6 is 0 Å². The summed E-state index contributed by atoms with van der Waals surface area (Å²) in [5, 5.41) is 2.76. The van der Waals surface area contributed by atoms with E-state index in [2.05, 4.69) is 12.2 Å². The Balaban J connectivity index is 2.26. The predicted molar refractivity (Wildman–Crippen MR) is 58.6 cm³/mol. The normalized spacial score (nSPS) is 23.7. The topological polar surface area (TPSA) is 32.3 Å². The maximum absolute atomic E-state index is 12.5. The molecule has 0 aliphatic carbocycles. The van der Waals surface area contributed by atoms with Crippen molar-refractivity contribution >= 4 is 6.03 Å². The van der Waals surface area contributed by atoms with Gasteiger partial charge in [-0.25, -0.2) is 9.18 Å². The highest BCUT2D eigenvalue weighted by molar-refractivity contribution is 5.74. The molecule has 1 N–H and O–H groups in total. The Morgan fingerprint density at radius 2 is 2.33 bits per heavy atom. The lowest BCUT2D eigenvalue weighted by molar-refractivity contribution is 0.157. The van der Waals surface area contributed by atoms with Crippen molar-refractivity contribution in [3.8, 4) is 0 Å². The summed E-state index contributed by atoms with van der Waals surface area (Å²) in [5.74, 6) is 0. The summed E-state index contributed by atoms with van der Waals surface area (Å²) in [4.78, 5) is 13.5. The van der Waals surface area contributed by atoms with Crippen LogP contribution in [-0.2, 0) is 0 Å². The lowest BCUT2D eigenvalue weighted by atomic mass is 10.0. The van der Waals surface area contributed by atoms with Crippen molar-refractivity contribution in [2.45, 2.75) is 51.7 Å². The van der Waals surface area contributed by atoms with Crippen LogP contribution in [0, 0.1) is 0 Å². The molecule has 1 heterocycles. The van der Waals surface area contributed by atoms with Gasteiger partial charge in [0.25, 0.3) is 0 Å². The average Bonchev–Trinajstić information content (AvgIpc) is 2.17. The van der Waals surface area contributed by atoms with Crippen LogP contribution in [0.3, 0.4) is 0 Å². The van der Waals surface area contributed by atoms with E-state index in [9.17, 15) is 9.18 Å². The summed E-state index contributed by atoms with van der Waals surface area (Å²) in [7, 11) is 0. The molecule has 1 fully saturated rings. The van der Waals surface area contributed by atoms with Crippen molar-refractivity contribution in [3.05, 3.63) is 0 Å². The molecule has 0 aromatic heterocycles. The van der Waals surface area contributed by atoms with E-state index in [4.69, 9.17) is 0 Å². The molecule has 0 bridgehead atoms. The number of piperidine rings is 1. The molecule has 2 unspecified atom stereocenters. The number of carbonyl (C=O) groups is 1. The molecule has 1 rings (SSSR count). The van der Waals surface area contributed by atoms with Crippen LogP contribution in [0.2, 0.25) is 0 Å². The van der Waals surface area contributed by atoms with Crippen LogP contribution in [-0.4, -0.2) is 36.2 Å². The SMILES string of the molecule is CC(F)CCNC(=O)N1CCCCC1C. The first-order chi connectivity index (χ1) is 7.11. The maximum Gasteiger partial charge on any atom is 0.317 e. The molecule has 3 nitrogen and oxygen atoms in total. The molecule has 15 heavy (non-hydrogen) atoms. The highest BCUT2D eigenvalue weighted by Gasteiger charge is 2.22. The average molecular weight is 216 g/mol. The van der Waals surface area contributed by atoms with Crippen molar-refractivity contribution in [2.24, 2.45) is 0 Å². The Kier molecular flexibility index (Phi) is 4.85. The van der Waals surface area contributed by atoms with E-state index in [1.807, 2.05) is 4.90 Å². The van der Waals surface area contributed by atoms with Crippen LogP contribution in [0.1, 0.15) is 39.5 Å². The third-order valence-electron chi connectivity index (χ3n) is 2.88. The van der Waals surface area contributed by atoms with E-state index < -0.39 is 6.17 Å². The van der Waals surface area contributed by atoms with Gasteiger partial charge in [-0.05, 0) is 39.5 Å². The molecule has 1 aliphatic rings. The maximum atomic E-state index is 12.5. The van der Waals surface area contributed by atoms with Crippen LogP contribution in [0.5, 0.6) is 0 Å². The Labute approximate surface area is 91.0 Å². The quantitative estimate of drug-likeness (QED) is 0.771. The van der Waals surface area contributed by atoms with Gasteiger partial charge in [-0.1, -0.05) is 0 Å². The smallest absolute Gasteiger partial charge is 0.317 e. The van der Waals surface area contributed by atoms with E-state index >= 15 is 0 Å². The minimum Gasteiger partial charge on any atom is -0.338 e. The number of nitrogens with one attached hydrogen (secondary N) is 1. The fourth-order valence-corrected chi connectivity index (χ4v) is 1.88. The number of hydrogen-bond acceptors (Lipinski definition) is 1. The number of alkyl halides is 1. The summed E-state index contributed by atoms with van der Waals surface area (Å²) in [6.07, 6.45) is 2.91. The zero-order valence-electron chi connectivity index (χ0n) is 9.63. The lowest BCUT2D eigenvalue weighted by Gasteiger charge is -2.33. The molecule has 88 valence electrons. The van der Waals surface area contributed by atoms with E-state index in [-0.39, 0.29) is 6.03 Å². The molecule has 1 aliphatic heterocycles. The van der Waals surface area contributed by atoms with Gasteiger partial charge in [-0.3, -0.25) is 0 Å². The first-order valence-electron chi connectivity index (χ1n) is 5.80.